The summed E-state index contributed by atoms with van der Waals surface area (Å²) < 4.78 is 0. The van der Waals surface area contributed by atoms with E-state index in [-0.39, 0.29) is 0 Å². The molecule has 2 heterocycles. The van der Waals surface area contributed by atoms with Crippen molar-refractivity contribution in [3.63, 3.8) is 0 Å². The molecule has 1 aromatic rings. The van der Waals surface area contributed by atoms with Crippen LogP contribution in [0.25, 0.3) is 0 Å². The molecule has 0 unspecified atom stereocenters. The van der Waals surface area contributed by atoms with Crippen molar-refractivity contribution in [3.8, 4) is 6.07 Å². The molecule has 17 heavy (non-hydrogen) atoms. The van der Waals surface area contributed by atoms with Gasteiger partial charge < -0.3 is 4.90 Å². The van der Waals surface area contributed by atoms with E-state index in [1.54, 1.807) is 0 Å². The molecule has 2 aliphatic rings. The van der Waals surface area contributed by atoms with Crippen molar-refractivity contribution in [1.82, 2.24) is 9.97 Å². The Hall–Kier alpha value is -1.63. The van der Waals surface area contributed by atoms with E-state index in [0.29, 0.717) is 5.69 Å². The van der Waals surface area contributed by atoms with Gasteiger partial charge in [-0.2, -0.15) is 5.26 Å². The minimum absolute atomic E-state index is 0.605. The SMILES string of the molecule is N#Cc1nc(N2CCCCC2)nc2c1CCC2. The molecule has 0 saturated carbocycles. The van der Waals surface area contributed by atoms with Gasteiger partial charge in [-0.1, -0.05) is 0 Å². The van der Waals surface area contributed by atoms with Crippen LogP contribution < -0.4 is 4.90 Å². The van der Waals surface area contributed by atoms with Crippen molar-refractivity contribution < 1.29 is 0 Å². The van der Waals surface area contributed by atoms with Crippen molar-refractivity contribution in [3.05, 3.63) is 17.0 Å². The lowest BCUT2D eigenvalue weighted by Crippen LogP contribution is -2.31. The molecule has 1 aliphatic carbocycles. The first-order valence-electron chi connectivity index (χ1n) is 6.43. The van der Waals surface area contributed by atoms with Crippen molar-refractivity contribution in [2.75, 3.05) is 18.0 Å². The van der Waals surface area contributed by atoms with Crippen LogP contribution in [-0.2, 0) is 12.8 Å². The van der Waals surface area contributed by atoms with E-state index >= 15 is 0 Å². The van der Waals surface area contributed by atoms with Crippen LogP contribution in [0.2, 0.25) is 0 Å². The van der Waals surface area contributed by atoms with E-state index in [2.05, 4.69) is 20.9 Å². The molecule has 0 radical (unpaired) electrons. The number of hydrogen-bond acceptors (Lipinski definition) is 4. The summed E-state index contributed by atoms with van der Waals surface area (Å²) in [6, 6.07) is 2.23. The molecular formula is C13H16N4. The van der Waals surface area contributed by atoms with Crippen LogP contribution in [0.3, 0.4) is 0 Å². The smallest absolute Gasteiger partial charge is 0.226 e. The largest absolute Gasteiger partial charge is 0.341 e. The van der Waals surface area contributed by atoms with Gasteiger partial charge in [0.05, 0.1) is 5.69 Å². The first-order valence-corrected chi connectivity index (χ1v) is 6.43. The van der Waals surface area contributed by atoms with E-state index in [0.717, 1.165) is 49.6 Å². The molecule has 0 bridgehead atoms. The lowest BCUT2D eigenvalue weighted by Gasteiger charge is -2.27. The zero-order chi connectivity index (χ0) is 11.7. The Labute approximate surface area is 101 Å². The van der Waals surface area contributed by atoms with Crippen LogP contribution in [0.4, 0.5) is 5.95 Å². The minimum atomic E-state index is 0.605. The topological polar surface area (TPSA) is 52.8 Å². The minimum Gasteiger partial charge on any atom is -0.341 e. The first kappa shape index (κ1) is 10.5. The van der Waals surface area contributed by atoms with Crippen LogP contribution in [-0.4, -0.2) is 23.1 Å². The highest BCUT2D eigenvalue weighted by atomic mass is 15.3. The number of aryl methyl sites for hydroxylation is 1. The first-order chi connectivity index (χ1) is 8.38. The van der Waals surface area contributed by atoms with Crippen LogP contribution in [0.1, 0.15) is 42.6 Å². The fraction of sp³-hybridized carbons (Fsp3) is 0.615. The predicted octanol–water partition coefficient (Wildman–Crippen LogP) is 1.83. The van der Waals surface area contributed by atoms with E-state index in [1.165, 1.54) is 19.3 Å². The highest BCUT2D eigenvalue weighted by molar-refractivity contribution is 5.44. The molecule has 0 amide bonds. The third-order valence-electron chi connectivity index (χ3n) is 3.67. The van der Waals surface area contributed by atoms with Gasteiger partial charge in [-0.25, -0.2) is 9.97 Å². The second kappa shape index (κ2) is 4.33. The summed E-state index contributed by atoms with van der Waals surface area (Å²) in [6.45, 7) is 2.06. The Kier molecular flexibility index (Phi) is 2.68. The van der Waals surface area contributed by atoms with E-state index in [1.807, 2.05) is 0 Å². The van der Waals surface area contributed by atoms with Gasteiger partial charge in [0.2, 0.25) is 5.95 Å². The maximum Gasteiger partial charge on any atom is 0.226 e. The van der Waals surface area contributed by atoms with Gasteiger partial charge in [0.25, 0.3) is 0 Å². The van der Waals surface area contributed by atoms with Gasteiger partial charge in [0.1, 0.15) is 11.8 Å². The number of piperidine rings is 1. The maximum atomic E-state index is 9.17. The van der Waals surface area contributed by atoms with Crippen molar-refractivity contribution in [2.45, 2.75) is 38.5 Å². The molecule has 0 N–H and O–H groups in total. The van der Waals surface area contributed by atoms with E-state index in [4.69, 9.17) is 5.26 Å². The van der Waals surface area contributed by atoms with Crippen molar-refractivity contribution >= 4 is 5.95 Å². The number of aromatic nitrogens is 2. The van der Waals surface area contributed by atoms with Gasteiger partial charge in [-0.3, -0.25) is 0 Å². The Balaban J connectivity index is 1.98. The molecular weight excluding hydrogens is 212 g/mol. The summed E-state index contributed by atoms with van der Waals surface area (Å²) in [5.74, 6) is 0.780. The summed E-state index contributed by atoms with van der Waals surface area (Å²) in [4.78, 5) is 11.3. The highest BCUT2D eigenvalue weighted by Crippen LogP contribution is 2.25. The summed E-state index contributed by atoms with van der Waals surface area (Å²) in [5, 5.41) is 9.17. The second-order valence-corrected chi connectivity index (χ2v) is 4.81. The summed E-state index contributed by atoms with van der Waals surface area (Å²) in [5.41, 5.74) is 2.80. The molecule has 88 valence electrons. The number of fused-ring (bicyclic) bond motifs is 1. The van der Waals surface area contributed by atoms with Gasteiger partial charge in [0, 0.05) is 18.7 Å². The van der Waals surface area contributed by atoms with Crippen LogP contribution >= 0.6 is 0 Å². The number of nitrogens with zero attached hydrogens (tertiary/aromatic N) is 4. The molecule has 1 aromatic heterocycles. The van der Waals surface area contributed by atoms with E-state index < -0.39 is 0 Å². The van der Waals surface area contributed by atoms with Gasteiger partial charge in [0.15, 0.2) is 0 Å². The molecule has 1 aliphatic heterocycles. The molecule has 4 heteroatoms. The Morgan fingerprint density at radius 3 is 2.59 bits per heavy atom. The lowest BCUT2D eigenvalue weighted by molar-refractivity contribution is 0.567. The number of rotatable bonds is 1. The fourth-order valence-electron chi connectivity index (χ4n) is 2.75. The molecule has 0 atom stereocenters. The molecule has 4 nitrogen and oxygen atoms in total. The molecule has 1 saturated heterocycles. The average molecular weight is 228 g/mol. The lowest BCUT2D eigenvalue weighted by atomic mass is 10.1. The molecule has 0 spiro atoms. The summed E-state index contributed by atoms with van der Waals surface area (Å²) >= 11 is 0. The molecule has 0 aromatic carbocycles. The number of anilines is 1. The monoisotopic (exact) mass is 228 g/mol. The van der Waals surface area contributed by atoms with Crippen molar-refractivity contribution in [1.29, 1.82) is 5.26 Å². The van der Waals surface area contributed by atoms with Gasteiger partial charge in [-0.05, 0) is 38.5 Å². The Bertz CT molecular complexity index is 469. The third kappa shape index (κ3) is 1.86. The van der Waals surface area contributed by atoms with Crippen LogP contribution in [0.5, 0.6) is 0 Å². The van der Waals surface area contributed by atoms with Gasteiger partial charge in [-0.15, -0.1) is 0 Å². The molecule has 3 rings (SSSR count). The second-order valence-electron chi connectivity index (χ2n) is 4.81. The number of nitriles is 1. The summed E-state index contributed by atoms with van der Waals surface area (Å²) in [7, 11) is 0. The zero-order valence-electron chi connectivity index (χ0n) is 9.95. The Morgan fingerprint density at radius 1 is 1.00 bits per heavy atom. The fourth-order valence-corrected chi connectivity index (χ4v) is 2.75. The highest BCUT2D eigenvalue weighted by Gasteiger charge is 2.22. The quantitative estimate of drug-likeness (QED) is 0.735. The average Bonchev–Trinajstić information content (AvgIpc) is 2.86. The Morgan fingerprint density at radius 2 is 1.82 bits per heavy atom. The standard InChI is InChI=1S/C13H16N4/c14-9-12-10-5-4-6-11(10)15-13(16-12)17-7-2-1-3-8-17/h1-8H2. The van der Waals surface area contributed by atoms with Crippen LogP contribution in [0.15, 0.2) is 0 Å². The summed E-state index contributed by atoms with van der Waals surface area (Å²) in [6.07, 6.45) is 6.81. The third-order valence-corrected chi connectivity index (χ3v) is 3.67. The van der Waals surface area contributed by atoms with E-state index in [9.17, 15) is 0 Å². The van der Waals surface area contributed by atoms with Crippen molar-refractivity contribution in [2.24, 2.45) is 0 Å². The predicted molar refractivity (Wildman–Crippen MR) is 64.8 cm³/mol. The van der Waals surface area contributed by atoms with Crippen LogP contribution in [0, 0.1) is 11.3 Å². The molecule has 1 fully saturated rings. The zero-order valence-corrected chi connectivity index (χ0v) is 9.95. The maximum absolute atomic E-state index is 9.17. The normalized spacial score (nSPS) is 18.9. The number of hydrogen-bond donors (Lipinski definition) is 0. The van der Waals surface area contributed by atoms with Gasteiger partial charge >= 0.3 is 0 Å².